The molecule has 0 bridgehead atoms. The third-order valence-corrected chi connectivity index (χ3v) is 13.0. The zero-order chi connectivity index (χ0) is 51.0. The number of carbonyl (C=O) groups is 4. The van der Waals surface area contributed by atoms with Gasteiger partial charge in [-0.2, -0.15) is 0 Å². The van der Waals surface area contributed by atoms with Gasteiger partial charge in [0, 0.05) is 49.6 Å². The minimum absolute atomic E-state index is 0.0398. The molecule has 0 spiro atoms. The van der Waals surface area contributed by atoms with Crippen LogP contribution in [0.3, 0.4) is 0 Å². The molecule has 7 atom stereocenters. The van der Waals surface area contributed by atoms with Gasteiger partial charge in [0.15, 0.2) is 23.3 Å². The van der Waals surface area contributed by atoms with Gasteiger partial charge in [-0.1, -0.05) is 81.4 Å². The second-order valence-electron chi connectivity index (χ2n) is 20.3. The maximum Gasteiger partial charge on any atom is 0.410 e. The van der Waals surface area contributed by atoms with Crippen LogP contribution in [0.15, 0.2) is 97.1 Å². The normalized spacial score (nSPS) is 21.9. The van der Waals surface area contributed by atoms with Gasteiger partial charge in [-0.3, -0.25) is 4.79 Å². The number of benzene rings is 4. The number of carbonyl (C=O) groups excluding carboxylic acids is 4. The highest BCUT2D eigenvalue weighted by atomic mass is 19.2. The molecular formula is C53H63F4N5O9. The smallest absolute Gasteiger partial charge is 0.410 e. The van der Waals surface area contributed by atoms with Gasteiger partial charge < -0.3 is 49.0 Å². The van der Waals surface area contributed by atoms with E-state index in [1.807, 2.05) is 81.4 Å². The molecule has 4 amide bonds. The predicted octanol–water partition coefficient (Wildman–Crippen LogP) is 8.86. The molecule has 4 saturated heterocycles. The van der Waals surface area contributed by atoms with Crippen LogP contribution in [0.2, 0.25) is 0 Å². The van der Waals surface area contributed by atoms with E-state index in [0.29, 0.717) is 26.1 Å². The summed E-state index contributed by atoms with van der Waals surface area (Å²) in [6.07, 6.45) is -0.192. The van der Waals surface area contributed by atoms with Crippen LogP contribution in [0.4, 0.5) is 31.9 Å². The van der Waals surface area contributed by atoms with Gasteiger partial charge in [0.05, 0.1) is 31.3 Å². The van der Waals surface area contributed by atoms with Gasteiger partial charge in [-0.05, 0) is 81.0 Å². The Hall–Kier alpha value is -6.56. The lowest BCUT2D eigenvalue weighted by molar-refractivity contribution is -0.137. The Bertz CT molecular complexity index is 2480. The highest BCUT2D eigenvalue weighted by Gasteiger charge is 2.54. The number of hydrogen-bond acceptors (Lipinski definition) is 10. The van der Waals surface area contributed by atoms with Crippen LogP contribution in [-0.2, 0) is 32.2 Å². The van der Waals surface area contributed by atoms with Gasteiger partial charge in [0.2, 0.25) is 5.91 Å². The Morgan fingerprint density at radius 3 is 1.66 bits per heavy atom. The van der Waals surface area contributed by atoms with Crippen molar-refractivity contribution in [2.45, 2.75) is 103 Å². The largest absolute Gasteiger partial charge is 0.493 e. The van der Waals surface area contributed by atoms with Gasteiger partial charge in [0.25, 0.3) is 0 Å². The molecule has 14 nitrogen and oxygen atoms in total. The molecule has 0 unspecified atom stereocenters. The molecule has 71 heavy (non-hydrogen) atoms. The van der Waals surface area contributed by atoms with Crippen molar-refractivity contribution >= 4 is 24.2 Å². The molecule has 4 aromatic carbocycles. The zero-order valence-corrected chi connectivity index (χ0v) is 40.9. The van der Waals surface area contributed by atoms with Gasteiger partial charge >= 0.3 is 18.3 Å². The van der Waals surface area contributed by atoms with Gasteiger partial charge in [0.1, 0.15) is 36.4 Å². The van der Waals surface area contributed by atoms with Crippen LogP contribution in [0, 0.1) is 40.5 Å². The quantitative estimate of drug-likeness (QED) is 0.104. The number of halogens is 4. The second kappa shape index (κ2) is 22.7. The Morgan fingerprint density at radius 1 is 0.648 bits per heavy atom. The molecule has 4 aromatic rings. The van der Waals surface area contributed by atoms with Crippen molar-refractivity contribution < 1.29 is 60.4 Å². The first-order valence-corrected chi connectivity index (χ1v) is 23.9. The molecule has 0 aliphatic carbocycles. The number of ether oxygens (including phenoxy) is 5. The van der Waals surface area contributed by atoms with E-state index in [-0.39, 0.29) is 79.8 Å². The van der Waals surface area contributed by atoms with Crippen LogP contribution in [0.5, 0.6) is 11.5 Å². The summed E-state index contributed by atoms with van der Waals surface area (Å²) < 4.78 is 81.8. The maximum absolute atomic E-state index is 14.1. The monoisotopic (exact) mass is 989 g/mol. The number of nitrogens with zero attached hydrogens (tertiary/aromatic N) is 3. The van der Waals surface area contributed by atoms with E-state index in [0.717, 1.165) is 48.4 Å². The molecule has 0 radical (unpaired) electrons. The van der Waals surface area contributed by atoms with Crippen LogP contribution >= 0.6 is 0 Å². The molecule has 4 fully saturated rings. The number of alkyl carbamates (subject to hydrolysis) is 1. The Labute approximate surface area is 411 Å². The van der Waals surface area contributed by atoms with Crippen molar-refractivity contribution in [2.24, 2.45) is 17.3 Å². The van der Waals surface area contributed by atoms with Crippen molar-refractivity contribution in [3.8, 4) is 11.5 Å². The fourth-order valence-electron chi connectivity index (χ4n) is 9.62. The Morgan fingerprint density at radius 2 is 1.15 bits per heavy atom. The third-order valence-electron chi connectivity index (χ3n) is 13.0. The maximum atomic E-state index is 14.1. The fourth-order valence-corrected chi connectivity index (χ4v) is 9.62. The molecule has 382 valence electrons. The van der Waals surface area contributed by atoms with Crippen molar-refractivity contribution in [1.82, 2.24) is 25.3 Å². The number of rotatable bonds is 12. The molecule has 0 aromatic heterocycles. The van der Waals surface area contributed by atoms with E-state index in [1.165, 1.54) is 12.1 Å². The minimum Gasteiger partial charge on any atom is -0.493 e. The SMILES string of the molecule is CC(C)(C)OC(=O)N[C@H](C(=O)N1CC[C@@H]2[C@H]1[C@@H](COc1ccc(F)c(F)c1)CN2C(=O)OCc1ccccc1)C(C)(C)C.O=C(OCc1ccccc1)N1C[C@H](COc2ccc(F)c(F)c2)[C@H]2NCC[C@H]21. The molecule has 2 N–H and O–H groups in total. The first-order chi connectivity index (χ1) is 33.8. The molecule has 4 aliphatic rings. The van der Waals surface area contributed by atoms with E-state index in [4.69, 9.17) is 23.7 Å². The summed E-state index contributed by atoms with van der Waals surface area (Å²) in [7, 11) is 0. The van der Waals surface area contributed by atoms with Crippen molar-refractivity contribution in [3.05, 3.63) is 131 Å². The first-order valence-electron chi connectivity index (χ1n) is 23.9. The summed E-state index contributed by atoms with van der Waals surface area (Å²) in [6, 6.07) is 24.1. The van der Waals surface area contributed by atoms with E-state index in [2.05, 4.69) is 10.6 Å². The van der Waals surface area contributed by atoms with Crippen LogP contribution in [0.25, 0.3) is 0 Å². The predicted molar refractivity (Wildman–Crippen MR) is 254 cm³/mol. The molecule has 4 heterocycles. The van der Waals surface area contributed by atoms with Crippen LogP contribution in [-0.4, -0.2) is 114 Å². The highest BCUT2D eigenvalue weighted by molar-refractivity contribution is 5.87. The lowest BCUT2D eigenvalue weighted by atomic mass is 9.85. The Kier molecular flexibility index (Phi) is 16.7. The lowest BCUT2D eigenvalue weighted by Gasteiger charge is -2.37. The average molecular weight is 990 g/mol. The number of hydrogen-bond donors (Lipinski definition) is 2. The minimum atomic E-state index is -1.04. The number of amides is 4. The molecular weight excluding hydrogens is 927 g/mol. The number of likely N-dealkylation sites (tertiary alicyclic amines) is 3. The molecule has 8 rings (SSSR count). The summed E-state index contributed by atoms with van der Waals surface area (Å²) >= 11 is 0. The van der Waals surface area contributed by atoms with Crippen molar-refractivity contribution in [3.63, 3.8) is 0 Å². The van der Waals surface area contributed by atoms with E-state index in [1.54, 1.807) is 35.5 Å². The number of nitrogens with one attached hydrogen (secondary N) is 2. The van der Waals surface area contributed by atoms with E-state index >= 15 is 0 Å². The van der Waals surface area contributed by atoms with Crippen molar-refractivity contribution in [2.75, 3.05) is 39.4 Å². The second-order valence-corrected chi connectivity index (χ2v) is 20.3. The molecule has 18 heteroatoms. The Balaban J connectivity index is 0.000000228. The van der Waals surface area contributed by atoms with E-state index in [9.17, 15) is 36.7 Å². The standard InChI is InChI=1S/C32H41F2N3O6.C21H22F2N2O3/c1-31(2,3)27(35-29(39)43-32(4,5)6)28(38)36-15-14-25-26(36)21(19-41-22-12-13-23(33)24(34)16-22)17-37(25)30(40)42-18-20-10-8-7-9-11-20;22-17-7-6-16(10-18(17)23)27-13-15-11-25(19-8-9-24-20(15)19)21(26)28-12-14-4-2-1-3-5-14/h7-13,16,21,25-27H,14-15,17-19H2,1-6H3,(H,35,39);1-7,10,15,19-20,24H,8-9,11-13H2/t21-,25-,26-,27-;15-,19-,20-/m11/s1. The fraction of sp³-hybridized carbons (Fsp3) is 0.472. The van der Waals surface area contributed by atoms with Crippen LogP contribution < -0.4 is 20.1 Å². The third kappa shape index (κ3) is 13.4. The molecule has 4 aliphatic heterocycles. The van der Waals surface area contributed by atoms with Gasteiger partial charge in [-0.25, -0.2) is 31.9 Å². The first kappa shape index (κ1) is 52.3. The van der Waals surface area contributed by atoms with Crippen molar-refractivity contribution in [1.29, 1.82) is 0 Å². The van der Waals surface area contributed by atoms with Crippen LogP contribution in [0.1, 0.15) is 65.5 Å². The van der Waals surface area contributed by atoms with Gasteiger partial charge in [-0.15, -0.1) is 0 Å². The topological polar surface area (TPSA) is 148 Å². The summed E-state index contributed by atoms with van der Waals surface area (Å²) in [5.74, 6) is -4.08. The number of fused-ring (bicyclic) bond motifs is 2. The average Bonchev–Trinajstić information content (AvgIpc) is 4.13. The van der Waals surface area contributed by atoms with E-state index < -0.39 is 58.6 Å². The summed E-state index contributed by atoms with van der Waals surface area (Å²) in [4.78, 5) is 57.8. The molecule has 0 saturated carbocycles. The summed E-state index contributed by atoms with van der Waals surface area (Å²) in [5.41, 5.74) is 0.378. The summed E-state index contributed by atoms with van der Waals surface area (Å²) in [5, 5.41) is 6.18. The highest BCUT2D eigenvalue weighted by Crippen LogP contribution is 2.39. The summed E-state index contributed by atoms with van der Waals surface area (Å²) in [6.45, 7) is 13.4. The lowest BCUT2D eigenvalue weighted by Crippen LogP contribution is -2.57. The zero-order valence-electron chi connectivity index (χ0n) is 40.9.